The number of rotatable bonds is 6. The number of aryl methyl sites for hydroxylation is 1. The van der Waals surface area contributed by atoms with Crippen LogP contribution >= 0.6 is 0 Å². The van der Waals surface area contributed by atoms with Gasteiger partial charge in [0.15, 0.2) is 5.82 Å². The van der Waals surface area contributed by atoms with Crippen LogP contribution in [-0.4, -0.2) is 31.3 Å². The van der Waals surface area contributed by atoms with Crippen LogP contribution in [0.15, 0.2) is 12.3 Å². The highest BCUT2D eigenvalue weighted by Gasteiger charge is 2.10. The van der Waals surface area contributed by atoms with Crippen molar-refractivity contribution < 1.29 is 4.74 Å². The number of ether oxygens (including phenoxy) is 1. The van der Waals surface area contributed by atoms with Crippen molar-refractivity contribution in [2.75, 3.05) is 36.9 Å². The summed E-state index contributed by atoms with van der Waals surface area (Å²) in [6.45, 7) is 9.24. The van der Waals surface area contributed by atoms with E-state index in [0.717, 1.165) is 36.8 Å². The lowest BCUT2D eigenvalue weighted by molar-refractivity contribution is 0.154. The zero-order chi connectivity index (χ0) is 12.0. The second-order valence-corrected chi connectivity index (χ2v) is 3.64. The first kappa shape index (κ1) is 12.8. The van der Waals surface area contributed by atoms with Gasteiger partial charge in [-0.05, 0) is 32.4 Å². The maximum absolute atomic E-state index is 6.02. The predicted molar refractivity (Wildman–Crippen MR) is 67.8 cm³/mol. The van der Waals surface area contributed by atoms with Crippen molar-refractivity contribution >= 4 is 11.5 Å². The van der Waals surface area contributed by atoms with Crippen molar-refractivity contribution in [2.45, 2.75) is 20.8 Å². The molecule has 0 saturated heterocycles. The molecule has 0 unspecified atom stereocenters. The van der Waals surface area contributed by atoms with Crippen LogP contribution in [0.3, 0.4) is 0 Å². The lowest BCUT2D eigenvalue weighted by Crippen LogP contribution is -2.29. The molecule has 0 saturated carbocycles. The van der Waals surface area contributed by atoms with E-state index >= 15 is 0 Å². The van der Waals surface area contributed by atoms with Crippen LogP contribution in [-0.2, 0) is 4.74 Å². The maximum atomic E-state index is 6.02. The van der Waals surface area contributed by atoms with Crippen LogP contribution in [0.5, 0.6) is 0 Å². The lowest BCUT2D eigenvalue weighted by Gasteiger charge is -2.23. The number of nitrogen functional groups attached to an aromatic ring is 1. The van der Waals surface area contributed by atoms with Gasteiger partial charge in [0.05, 0.1) is 12.3 Å². The molecule has 0 bridgehead atoms. The molecule has 1 rings (SSSR count). The van der Waals surface area contributed by atoms with Gasteiger partial charge in [-0.1, -0.05) is 0 Å². The summed E-state index contributed by atoms with van der Waals surface area (Å²) in [5.41, 5.74) is 7.85. The molecule has 0 spiro atoms. The second-order valence-electron chi connectivity index (χ2n) is 3.64. The number of hydrogen-bond acceptors (Lipinski definition) is 4. The fourth-order valence-corrected chi connectivity index (χ4v) is 1.54. The van der Waals surface area contributed by atoms with Crippen molar-refractivity contribution in [1.82, 2.24) is 4.98 Å². The van der Waals surface area contributed by atoms with Crippen molar-refractivity contribution in [3.63, 3.8) is 0 Å². The third-order valence-corrected chi connectivity index (χ3v) is 2.58. The van der Waals surface area contributed by atoms with Crippen LogP contribution in [0.1, 0.15) is 19.4 Å². The van der Waals surface area contributed by atoms with E-state index in [9.17, 15) is 0 Å². The molecule has 0 radical (unpaired) electrons. The minimum atomic E-state index is 0.708. The molecule has 1 aromatic rings. The third-order valence-electron chi connectivity index (χ3n) is 2.58. The van der Waals surface area contributed by atoms with E-state index < -0.39 is 0 Å². The van der Waals surface area contributed by atoms with Crippen LogP contribution in [0.25, 0.3) is 0 Å². The summed E-state index contributed by atoms with van der Waals surface area (Å²) >= 11 is 0. The molecule has 0 aliphatic heterocycles. The van der Waals surface area contributed by atoms with Crippen molar-refractivity contribution in [3.05, 3.63) is 17.8 Å². The zero-order valence-electron chi connectivity index (χ0n) is 10.4. The van der Waals surface area contributed by atoms with Gasteiger partial charge >= 0.3 is 0 Å². The highest BCUT2D eigenvalue weighted by atomic mass is 16.5. The normalized spacial score (nSPS) is 10.4. The van der Waals surface area contributed by atoms with Gasteiger partial charge in [0.1, 0.15) is 0 Å². The number of likely N-dealkylation sites (N-methyl/N-ethyl adjacent to an activating group) is 1. The van der Waals surface area contributed by atoms with Crippen molar-refractivity contribution in [3.8, 4) is 0 Å². The Bertz CT molecular complexity index is 328. The molecule has 90 valence electrons. The van der Waals surface area contributed by atoms with Gasteiger partial charge in [-0.3, -0.25) is 0 Å². The smallest absolute Gasteiger partial charge is 0.152 e. The van der Waals surface area contributed by atoms with Gasteiger partial charge in [0.25, 0.3) is 0 Å². The van der Waals surface area contributed by atoms with E-state index in [2.05, 4.69) is 16.8 Å². The second kappa shape index (κ2) is 6.33. The molecule has 2 N–H and O–H groups in total. The van der Waals surface area contributed by atoms with E-state index in [1.165, 1.54) is 0 Å². The number of anilines is 2. The third kappa shape index (κ3) is 3.10. The summed E-state index contributed by atoms with van der Waals surface area (Å²) in [5, 5.41) is 0. The molecule has 1 heterocycles. The number of nitrogens with two attached hydrogens (primary N) is 1. The summed E-state index contributed by atoms with van der Waals surface area (Å²) in [4.78, 5) is 6.47. The zero-order valence-corrected chi connectivity index (χ0v) is 10.4. The predicted octanol–water partition coefficient (Wildman–Crippen LogP) is 1.84. The fourth-order valence-electron chi connectivity index (χ4n) is 1.54. The van der Waals surface area contributed by atoms with Gasteiger partial charge in [-0.2, -0.15) is 0 Å². The van der Waals surface area contributed by atoms with Crippen molar-refractivity contribution in [1.29, 1.82) is 0 Å². The van der Waals surface area contributed by atoms with E-state index in [1.807, 2.05) is 19.9 Å². The van der Waals surface area contributed by atoms with Gasteiger partial charge in [0, 0.05) is 25.9 Å². The van der Waals surface area contributed by atoms with Gasteiger partial charge in [-0.15, -0.1) is 0 Å². The molecule has 0 amide bonds. The summed E-state index contributed by atoms with van der Waals surface area (Å²) in [6.07, 6.45) is 1.80. The highest BCUT2D eigenvalue weighted by Crippen LogP contribution is 2.22. The average Bonchev–Trinajstić information content (AvgIpc) is 2.29. The van der Waals surface area contributed by atoms with Crippen LogP contribution < -0.4 is 10.6 Å². The SMILES string of the molecule is CCOCCN(CC)c1nccc(C)c1N. The molecule has 0 aromatic carbocycles. The largest absolute Gasteiger partial charge is 0.396 e. The molecular formula is C12H21N3O. The van der Waals surface area contributed by atoms with Gasteiger partial charge in [-0.25, -0.2) is 4.98 Å². The summed E-state index contributed by atoms with van der Waals surface area (Å²) in [7, 11) is 0. The standard InChI is InChI=1S/C12H21N3O/c1-4-15(8-9-16-5-2)12-11(13)10(3)6-7-14-12/h6-7H,4-5,8-9,13H2,1-3H3. The number of nitrogens with zero attached hydrogens (tertiary/aromatic N) is 2. The minimum Gasteiger partial charge on any atom is -0.396 e. The Balaban J connectivity index is 2.74. The molecular weight excluding hydrogens is 202 g/mol. The fraction of sp³-hybridized carbons (Fsp3) is 0.583. The summed E-state index contributed by atoms with van der Waals surface area (Å²) < 4.78 is 5.35. The Morgan fingerprint density at radius 2 is 2.19 bits per heavy atom. The van der Waals surface area contributed by atoms with E-state index in [4.69, 9.17) is 10.5 Å². The number of pyridine rings is 1. The quantitative estimate of drug-likeness (QED) is 0.748. The highest BCUT2D eigenvalue weighted by molar-refractivity contribution is 5.66. The van der Waals surface area contributed by atoms with E-state index in [0.29, 0.717) is 6.61 Å². The molecule has 0 aliphatic rings. The molecule has 16 heavy (non-hydrogen) atoms. The Labute approximate surface area is 97.4 Å². The van der Waals surface area contributed by atoms with Gasteiger partial charge in [0.2, 0.25) is 0 Å². The summed E-state index contributed by atoms with van der Waals surface area (Å²) in [5.74, 6) is 0.863. The monoisotopic (exact) mass is 223 g/mol. The minimum absolute atomic E-state index is 0.708. The Hall–Kier alpha value is -1.29. The first-order chi connectivity index (χ1) is 7.70. The Kier molecular flexibility index (Phi) is 5.05. The van der Waals surface area contributed by atoms with Gasteiger partial charge < -0.3 is 15.4 Å². The molecule has 0 atom stereocenters. The number of hydrogen-bond donors (Lipinski definition) is 1. The van der Waals surface area contributed by atoms with Crippen LogP contribution in [0, 0.1) is 6.92 Å². The Morgan fingerprint density at radius 1 is 1.44 bits per heavy atom. The van der Waals surface area contributed by atoms with Crippen LogP contribution in [0.4, 0.5) is 11.5 Å². The van der Waals surface area contributed by atoms with Crippen molar-refractivity contribution in [2.24, 2.45) is 0 Å². The first-order valence-corrected chi connectivity index (χ1v) is 5.74. The van der Waals surface area contributed by atoms with Crippen LogP contribution in [0.2, 0.25) is 0 Å². The number of aromatic nitrogens is 1. The van der Waals surface area contributed by atoms with E-state index in [1.54, 1.807) is 6.20 Å². The maximum Gasteiger partial charge on any atom is 0.152 e. The first-order valence-electron chi connectivity index (χ1n) is 5.74. The molecule has 1 aromatic heterocycles. The van der Waals surface area contributed by atoms with E-state index in [-0.39, 0.29) is 0 Å². The lowest BCUT2D eigenvalue weighted by atomic mass is 10.2. The topological polar surface area (TPSA) is 51.4 Å². The molecule has 4 heteroatoms. The summed E-state index contributed by atoms with van der Waals surface area (Å²) in [6, 6.07) is 1.93. The molecule has 0 fully saturated rings. The Morgan fingerprint density at radius 3 is 2.81 bits per heavy atom. The molecule has 0 aliphatic carbocycles. The molecule has 4 nitrogen and oxygen atoms in total. The average molecular weight is 223 g/mol.